The number of benzene rings is 2. The van der Waals surface area contributed by atoms with Crippen LogP contribution >= 0.6 is 0 Å². The van der Waals surface area contributed by atoms with Crippen LogP contribution in [0.15, 0.2) is 72.8 Å². The van der Waals surface area contributed by atoms with Gasteiger partial charge in [-0.15, -0.1) is 0 Å². The highest BCUT2D eigenvalue weighted by Gasteiger charge is 2.15. The van der Waals surface area contributed by atoms with E-state index in [9.17, 15) is 9.59 Å². The number of rotatable bonds is 8. The van der Waals surface area contributed by atoms with Crippen LogP contribution in [0.4, 0.5) is 5.82 Å². The van der Waals surface area contributed by atoms with Crippen molar-refractivity contribution in [1.29, 1.82) is 0 Å². The molecule has 0 fully saturated rings. The Labute approximate surface area is 170 Å². The molecule has 2 aromatic carbocycles. The van der Waals surface area contributed by atoms with Gasteiger partial charge in [0.1, 0.15) is 5.82 Å². The van der Waals surface area contributed by atoms with Gasteiger partial charge in [0.15, 0.2) is 0 Å². The van der Waals surface area contributed by atoms with Crippen LogP contribution in [0.1, 0.15) is 15.9 Å². The average molecular weight is 388 g/mol. The number of hydrogen-bond acceptors (Lipinski definition) is 4. The summed E-state index contributed by atoms with van der Waals surface area (Å²) in [5.41, 5.74) is 3.35. The fraction of sp³-hybridized carbons (Fsp3) is 0.174. The van der Waals surface area contributed by atoms with Crippen LogP contribution in [0.25, 0.3) is 11.3 Å². The predicted octanol–water partition coefficient (Wildman–Crippen LogP) is 2.88. The number of carbonyl (C=O) groups is 2. The Kier molecular flexibility index (Phi) is 6.95. The Morgan fingerprint density at radius 3 is 2.28 bits per heavy atom. The number of nitrogens with zero attached hydrogens (tertiary/aromatic N) is 1. The first-order chi connectivity index (χ1) is 14.2. The molecule has 3 aromatic rings. The minimum atomic E-state index is -0.345. The SMILES string of the molecule is CNC(=O)CNC(=O)c1ccc(-c2ccccc2)nc1NCCc1ccccc1. The number of nitrogens with one attached hydrogen (secondary N) is 3. The summed E-state index contributed by atoms with van der Waals surface area (Å²) >= 11 is 0. The van der Waals surface area contributed by atoms with E-state index in [1.807, 2.05) is 54.6 Å². The Balaban J connectivity index is 1.80. The maximum absolute atomic E-state index is 12.6. The van der Waals surface area contributed by atoms with Gasteiger partial charge in [-0.2, -0.15) is 0 Å². The van der Waals surface area contributed by atoms with Gasteiger partial charge in [0, 0.05) is 19.2 Å². The van der Waals surface area contributed by atoms with Gasteiger partial charge in [-0.3, -0.25) is 9.59 Å². The summed E-state index contributed by atoms with van der Waals surface area (Å²) in [5, 5.41) is 8.39. The Hall–Kier alpha value is -3.67. The monoisotopic (exact) mass is 388 g/mol. The number of likely N-dealkylation sites (N-methyl/N-ethyl adjacent to an activating group) is 1. The summed E-state index contributed by atoms with van der Waals surface area (Å²) in [6.45, 7) is 0.546. The zero-order chi connectivity index (χ0) is 20.5. The van der Waals surface area contributed by atoms with Crippen molar-refractivity contribution < 1.29 is 9.59 Å². The molecule has 0 unspecified atom stereocenters. The number of hydrogen-bond donors (Lipinski definition) is 3. The fourth-order valence-corrected chi connectivity index (χ4v) is 2.86. The van der Waals surface area contributed by atoms with Crippen LogP contribution < -0.4 is 16.0 Å². The van der Waals surface area contributed by atoms with Crippen LogP contribution in [-0.2, 0) is 11.2 Å². The largest absolute Gasteiger partial charge is 0.369 e. The van der Waals surface area contributed by atoms with Crippen molar-refractivity contribution in [2.75, 3.05) is 25.5 Å². The molecule has 6 heteroatoms. The third-order valence-corrected chi connectivity index (χ3v) is 4.45. The molecule has 0 spiro atoms. The second-order valence-electron chi connectivity index (χ2n) is 6.48. The van der Waals surface area contributed by atoms with E-state index in [2.05, 4.69) is 33.1 Å². The molecule has 3 rings (SSSR count). The lowest BCUT2D eigenvalue weighted by molar-refractivity contribution is -0.119. The van der Waals surface area contributed by atoms with E-state index in [1.54, 1.807) is 6.07 Å². The first kappa shape index (κ1) is 20.1. The molecule has 0 aliphatic carbocycles. The third kappa shape index (κ3) is 5.65. The molecule has 0 saturated heterocycles. The molecule has 1 heterocycles. The lowest BCUT2D eigenvalue weighted by Crippen LogP contribution is -2.35. The molecule has 0 aliphatic heterocycles. The topological polar surface area (TPSA) is 83.1 Å². The molecule has 3 N–H and O–H groups in total. The van der Waals surface area contributed by atoms with Gasteiger partial charge in [0.05, 0.1) is 17.8 Å². The Bertz CT molecular complexity index is 959. The van der Waals surface area contributed by atoms with Crippen molar-refractivity contribution in [2.45, 2.75) is 6.42 Å². The van der Waals surface area contributed by atoms with Gasteiger partial charge in [0.25, 0.3) is 5.91 Å². The number of anilines is 1. The highest BCUT2D eigenvalue weighted by atomic mass is 16.2. The second kappa shape index (κ2) is 10.0. The molecule has 0 aliphatic rings. The number of pyridine rings is 1. The van der Waals surface area contributed by atoms with E-state index in [0.29, 0.717) is 17.9 Å². The molecule has 6 nitrogen and oxygen atoms in total. The second-order valence-corrected chi connectivity index (χ2v) is 6.48. The van der Waals surface area contributed by atoms with Crippen molar-refractivity contribution >= 4 is 17.6 Å². The summed E-state index contributed by atoms with van der Waals surface area (Å²) in [7, 11) is 1.53. The van der Waals surface area contributed by atoms with Crippen molar-refractivity contribution in [3.05, 3.63) is 83.9 Å². The van der Waals surface area contributed by atoms with E-state index in [-0.39, 0.29) is 18.4 Å². The molecular weight excluding hydrogens is 364 g/mol. The van der Waals surface area contributed by atoms with Crippen molar-refractivity contribution in [1.82, 2.24) is 15.6 Å². The standard InChI is InChI=1S/C23H24N4O2/c1-24-21(28)16-26-23(29)19-12-13-20(18-10-6-3-7-11-18)27-22(19)25-15-14-17-8-4-2-5-9-17/h2-13H,14-16H2,1H3,(H,24,28)(H,25,27)(H,26,29). The number of aromatic nitrogens is 1. The normalized spacial score (nSPS) is 10.2. The maximum atomic E-state index is 12.6. The molecule has 148 valence electrons. The van der Waals surface area contributed by atoms with E-state index in [4.69, 9.17) is 0 Å². The van der Waals surface area contributed by atoms with E-state index >= 15 is 0 Å². The maximum Gasteiger partial charge on any atom is 0.255 e. The molecule has 29 heavy (non-hydrogen) atoms. The van der Waals surface area contributed by atoms with Crippen LogP contribution in [0.5, 0.6) is 0 Å². The van der Waals surface area contributed by atoms with Gasteiger partial charge in [-0.1, -0.05) is 60.7 Å². The van der Waals surface area contributed by atoms with E-state index in [0.717, 1.165) is 17.7 Å². The number of amides is 2. The summed E-state index contributed by atoms with van der Waals surface area (Å²) in [6, 6.07) is 23.4. The summed E-state index contributed by atoms with van der Waals surface area (Å²) in [4.78, 5) is 28.7. The van der Waals surface area contributed by atoms with Crippen molar-refractivity contribution in [3.63, 3.8) is 0 Å². The van der Waals surface area contributed by atoms with Gasteiger partial charge < -0.3 is 16.0 Å². The average Bonchev–Trinajstić information content (AvgIpc) is 2.78. The first-order valence-corrected chi connectivity index (χ1v) is 9.50. The zero-order valence-electron chi connectivity index (χ0n) is 16.3. The summed E-state index contributed by atoms with van der Waals surface area (Å²) in [5.74, 6) is -0.106. The van der Waals surface area contributed by atoms with Crippen LogP contribution in [0.2, 0.25) is 0 Å². The molecular formula is C23H24N4O2. The smallest absolute Gasteiger partial charge is 0.255 e. The number of carbonyl (C=O) groups excluding carboxylic acids is 2. The summed E-state index contributed by atoms with van der Waals surface area (Å²) < 4.78 is 0. The molecule has 0 atom stereocenters. The fourth-order valence-electron chi connectivity index (χ4n) is 2.86. The van der Waals surface area contributed by atoms with E-state index < -0.39 is 0 Å². The molecule has 2 amide bonds. The highest BCUT2D eigenvalue weighted by molar-refractivity contribution is 6.00. The van der Waals surface area contributed by atoms with Gasteiger partial charge >= 0.3 is 0 Å². The third-order valence-electron chi connectivity index (χ3n) is 4.45. The molecule has 0 radical (unpaired) electrons. The van der Waals surface area contributed by atoms with Crippen molar-refractivity contribution in [2.24, 2.45) is 0 Å². The molecule has 0 bridgehead atoms. The van der Waals surface area contributed by atoms with Crippen LogP contribution in [0, 0.1) is 0 Å². The lowest BCUT2D eigenvalue weighted by atomic mass is 10.1. The van der Waals surface area contributed by atoms with Crippen LogP contribution in [-0.4, -0.2) is 36.9 Å². The quantitative estimate of drug-likeness (QED) is 0.554. The zero-order valence-corrected chi connectivity index (χ0v) is 16.3. The van der Waals surface area contributed by atoms with Crippen LogP contribution in [0.3, 0.4) is 0 Å². The predicted molar refractivity (Wildman–Crippen MR) is 115 cm³/mol. The van der Waals surface area contributed by atoms with E-state index in [1.165, 1.54) is 12.6 Å². The minimum absolute atomic E-state index is 0.0841. The van der Waals surface area contributed by atoms with Gasteiger partial charge in [0.2, 0.25) is 5.91 Å². The van der Waals surface area contributed by atoms with Crippen molar-refractivity contribution in [3.8, 4) is 11.3 Å². The van der Waals surface area contributed by atoms with Gasteiger partial charge in [-0.25, -0.2) is 4.98 Å². The highest BCUT2D eigenvalue weighted by Crippen LogP contribution is 2.22. The van der Waals surface area contributed by atoms with Gasteiger partial charge in [-0.05, 0) is 24.1 Å². The minimum Gasteiger partial charge on any atom is -0.369 e. The first-order valence-electron chi connectivity index (χ1n) is 9.50. The molecule has 0 saturated carbocycles. The molecule has 1 aromatic heterocycles. The lowest BCUT2D eigenvalue weighted by Gasteiger charge is -2.13. The summed E-state index contributed by atoms with van der Waals surface area (Å²) in [6.07, 6.45) is 0.803. The Morgan fingerprint density at radius 2 is 1.59 bits per heavy atom. The Morgan fingerprint density at radius 1 is 0.897 bits per heavy atom.